The monoisotopic (exact) mass is 255 g/mol. The number of aromatic nitrogens is 2. The first-order valence-electron chi connectivity index (χ1n) is 5.49. The van der Waals surface area contributed by atoms with Crippen LogP contribution in [0.25, 0.3) is 0 Å². The minimum Gasteiger partial charge on any atom is -0.465 e. The third-order valence-corrected chi connectivity index (χ3v) is 3.05. The van der Waals surface area contributed by atoms with Crippen LogP contribution in [-0.2, 0) is 15.3 Å². The predicted octanol–water partition coefficient (Wildman–Crippen LogP) is 0.990. The molecule has 0 aromatic carbocycles. The van der Waals surface area contributed by atoms with E-state index in [1.165, 1.54) is 0 Å². The van der Waals surface area contributed by atoms with Crippen LogP contribution in [0.2, 0.25) is 0 Å². The zero-order chi connectivity index (χ0) is 12.5. The van der Waals surface area contributed by atoms with E-state index in [0.29, 0.717) is 13.0 Å². The molecule has 1 atom stereocenters. The second-order valence-corrected chi connectivity index (χ2v) is 4.50. The summed E-state index contributed by atoms with van der Waals surface area (Å²) in [4.78, 5) is 19.4. The van der Waals surface area contributed by atoms with Crippen LogP contribution in [0.4, 0.5) is 0 Å². The second-order valence-electron chi connectivity index (χ2n) is 3.40. The molecule has 1 unspecified atom stereocenters. The van der Waals surface area contributed by atoms with Gasteiger partial charge in [0.15, 0.2) is 0 Å². The summed E-state index contributed by atoms with van der Waals surface area (Å²) in [5.41, 5.74) is 6.60. The van der Waals surface area contributed by atoms with Gasteiger partial charge >= 0.3 is 5.97 Å². The average Bonchev–Trinajstić information content (AvgIpc) is 2.36. The highest BCUT2D eigenvalue weighted by molar-refractivity contribution is 7.98. The van der Waals surface area contributed by atoms with Crippen LogP contribution in [0, 0.1) is 0 Å². The lowest BCUT2D eigenvalue weighted by Crippen LogP contribution is -2.32. The van der Waals surface area contributed by atoms with Crippen molar-refractivity contribution in [3.63, 3.8) is 0 Å². The number of rotatable bonds is 7. The van der Waals surface area contributed by atoms with Crippen LogP contribution in [0.1, 0.15) is 19.0 Å². The molecule has 0 aliphatic carbocycles. The first-order valence-corrected chi connectivity index (χ1v) is 6.64. The van der Waals surface area contributed by atoms with E-state index in [0.717, 1.165) is 17.2 Å². The van der Waals surface area contributed by atoms with Gasteiger partial charge in [-0.05, 0) is 19.1 Å². The van der Waals surface area contributed by atoms with Gasteiger partial charge in [-0.1, -0.05) is 0 Å². The molecule has 0 aliphatic heterocycles. The zero-order valence-corrected chi connectivity index (χ0v) is 10.7. The van der Waals surface area contributed by atoms with E-state index in [4.69, 9.17) is 10.5 Å². The Morgan fingerprint density at radius 1 is 1.59 bits per heavy atom. The molecule has 0 aliphatic rings. The summed E-state index contributed by atoms with van der Waals surface area (Å²) in [5.74, 6) is 1.26. The van der Waals surface area contributed by atoms with Gasteiger partial charge in [0.2, 0.25) is 0 Å². The van der Waals surface area contributed by atoms with Gasteiger partial charge in [0.05, 0.1) is 12.3 Å². The van der Waals surface area contributed by atoms with Gasteiger partial charge in [-0.2, -0.15) is 11.8 Å². The van der Waals surface area contributed by atoms with Gasteiger partial charge < -0.3 is 10.5 Å². The van der Waals surface area contributed by atoms with Crippen molar-refractivity contribution in [1.82, 2.24) is 9.97 Å². The largest absolute Gasteiger partial charge is 0.465 e. The molecule has 1 aromatic heterocycles. The molecular weight excluding hydrogens is 238 g/mol. The summed E-state index contributed by atoms with van der Waals surface area (Å²) in [5, 5.41) is 0. The van der Waals surface area contributed by atoms with Gasteiger partial charge in [-0.3, -0.25) is 14.8 Å². The zero-order valence-electron chi connectivity index (χ0n) is 9.83. The maximum absolute atomic E-state index is 11.2. The Hall–Kier alpha value is -1.14. The summed E-state index contributed by atoms with van der Waals surface area (Å²) >= 11 is 1.68. The van der Waals surface area contributed by atoms with E-state index >= 15 is 0 Å². The van der Waals surface area contributed by atoms with Crippen LogP contribution in [-0.4, -0.2) is 34.3 Å². The van der Waals surface area contributed by atoms with Crippen molar-refractivity contribution in [2.24, 2.45) is 5.73 Å². The molecule has 0 spiro atoms. The maximum atomic E-state index is 11.2. The number of nitrogens with two attached hydrogens (primary N) is 1. The number of carbonyl (C=O) groups is 1. The Balaban J connectivity index is 2.14. The van der Waals surface area contributed by atoms with E-state index in [-0.39, 0.29) is 5.97 Å². The summed E-state index contributed by atoms with van der Waals surface area (Å²) in [7, 11) is 0. The van der Waals surface area contributed by atoms with Crippen molar-refractivity contribution in [3.05, 3.63) is 24.3 Å². The van der Waals surface area contributed by atoms with Crippen molar-refractivity contribution in [3.8, 4) is 0 Å². The van der Waals surface area contributed by atoms with Crippen LogP contribution in [0.5, 0.6) is 0 Å². The van der Waals surface area contributed by atoms with Gasteiger partial charge in [0, 0.05) is 24.3 Å². The highest BCUT2D eigenvalue weighted by Gasteiger charge is 2.13. The Labute approximate surface area is 105 Å². The van der Waals surface area contributed by atoms with Crippen molar-refractivity contribution in [2.75, 3.05) is 12.4 Å². The highest BCUT2D eigenvalue weighted by atomic mass is 32.2. The molecule has 0 saturated heterocycles. The Bertz CT molecular complexity index is 335. The fraction of sp³-hybridized carbons (Fsp3) is 0.545. The number of thioether (sulfide) groups is 1. The summed E-state index contributed by atoms with van der Waals surface area (Å²) in [6.45, 7) is 2.15. The van der Waals surface area contributed by atoms with E-state index in [2.05, 4.69) is 9.97 Å². The van der Waals surface area contributed by atoms with Gasteiger partial charge in [0.1, 0.15) is 6.04 Å². The summed E-state index contributed by atoms with van der Waals surface area (Å²) in [6.07, 6.45) is 5.66. The standard InChI is InChI=1S/C11H17N3O2S/c1-2-16-11(15)10(12)3-6-17-8-9-7-13-4-5-14-9/h4-5,7,10H,2-3,6,8,12H2,1H3. The van der Waals surface area contributed by atoms with E-state index in [9.17, 15) is 4.79 Å². The number of carbonyl (C=O) groups excluding carboxylic acids is 1. The lowest BCUT2D eigenvalue weighted by molar-refractivity contribution is -0.144. The molecule has 5 nitrogen and oxygen atoms in total. The normalized spacial score (nSPS) is 12.1. The summed E-state index contributed by atoms with van der Waals surface area (Å²) in [6, 6.07) is -0.524. The molecule has 0 bridgehead atoms. The molecule has 2 N–H and O–H groups in total. The summed E-state index contributed by atoms with van der Waals surface area (Å²) < 4.78 is 4.82. The van der Waals surface area contributed by atoms with Crippen LogP contribution in [0.15, 0.2) is 18.6 Å². The number of hydrogen-bond acceptors (Lipinski definition) is 6. The number of ether oxygens (including phenoxy) is 1. The van der Waals surface area contributed by atoms with Crippen LogP contribution < -0.4 is 5.73 Å². The smallest absolute Gasteiger partial charge is 0.322 e. The number of esters is 1. The van der Waals surface area contributed by atoms with Crippen molar-refractivity contribution in [2.45, 2.75) is 25.1 Å². The minimum atomic E-state index is -0.524. The molecule has 1 aromatic rings. The minimum absolute atomic E-state index is 0.326. The Kier molecular flexibility index (Phi) is 6.57. The second kappa shape index (κ2) is 8.03. The molecule has 1 heterocycles. The topological polar surface area (TPSA) is 78.1 Å². The SMILES string of the molecule is CCOC(=O)C(N)CCSCc1cnccn1. The van der Waals surface area contributed by atoms with Crippen molar-refractivity contribution in [1.29, 1.82) is 0 Å². The van der Waals surface area contributed by atoms with E-state index in [1.54, 1.807) is 37.3 Å². The molecule has 94 valence electrons. The number of nitrogens with zero attached hydrogens (tertiary/aromatic N) is 2. The lowest BCUT2D eigenvalue weighted by atomic mass is 10.2. The molecule has 6 heteroatoms. The van der Waals surface area contributed by atoms with E-state index in [1.807, 2.05) is 0 Å². The fourth-order valence-electron chi connectivity index (χ4n) is 1.16. The van der Waals surface area contributed by atoms with Crippen molar-refractivity contribution < 1.29 is 9.53 Å². The molecule has 0 saturated carbocycles. The van der Waals surface area contributed by atoms with Gasteiger partial charge in [-0.15, -0.1) is 0 Å². The Morgan fingerprint density at radius 3 is 3.06 bits per heavy atom. The van der Waals surface area contributed by atoms with Crippen LogP contribution >= 0.6 is 11.8 Å². The quantitative estimate of drug-likeness (QED) is 0.578. The molecular formula is C11H17N3O2S. The van der Waals surface area contributed by atoms with Gasteiger partial charge in [0.25, 0.3) is 0 Å². The number of hydrogen-bond donors (Lipinski definition) is 1. The third-order valence-electron chi connectivity index (χ3n) is 2.03. The third kappa shape index (κ3) is 5.65. The molecule has 0 fully saturated rings. The molecule has 1 rings (SSSR count). The van der Waals surface area contributed by atoms with Crippen molar-refractivity contribution >= 4 is 17.7 Å². The maximum Gasteiger partial charge on any atom is 0.322 e. The lowest BCUT2D eigenvalue weighted by Gasteiger charge is -2.09. The van der Waals surface area contributed by atoms with Gasteiger partial charge in [-0.25, -0.2) is 0 Å². The molecule has 17 heavy (non-hydrogen) atoms. The molecule has 0 radical (unpaired) electrons. The highest BCUT2D eigenvalue weighted by Crippen LogP contribution is 2.11. The fourth-order valence-corrected chi connectivity index (χ4v) is 2.08. The first kappa shape index (κ1) is 13.9. The van der Waals surface area contributed by atoms with E-state index < -0.39 is 6.04 Å². The average molecular weight is 255 g/mol. The first-order chi connectivity index (χ1) is 8.24. The predicted molar refractivity (Wildman–Crippen MR) is 67.4 cm³/mol. The molecule has 0 amide bonds. The van der Waals surface area contributed by atoms with Crippen LogP contribution in [0.3, 0.4) is 0 Å². The Morgan fingerprint density at radius 2 is 2.41 bits per heavy atom.